The minimum atomic E-state index is 0.148. The highest BCUT2D eigenvalue weighted by atomic mass is 16.2. The molecule has 2 fully saturated rings. The summed E-state index contributed by atoms with van der Waals surface area (Å²) in [6.45, 7) is 3.21. The molecule has 2 aliphatic rings. The normalized spacial score (nSPS) is 22.4. The molecule has 1 aliphatic carbocycles. The minimum absolute atomic E-state index is 0.148. The fourth-order valence-corrected chi connectivity index (χ4v) is 3.99. The molecule has 0 N–H and O–H groups in total. The Morgan fingerprint density at radius 3 is 2.54 bits per heavy atom. The van der Waals surface area contributed by atoms with Crippen LogP contribution < -0.4 is 4.90 Å². The van der Waals surface area contributed by atoms with Crippen LogP contribution in [0.2, 0.25) is 0 Å². The van der Waals surface area contributed by atoms with E-state index in [2.05, 4.69) is 23.1 Å². The molecule has 132 valence electrons. The van der Waals surface area contributed by atoms with Crippen LogP contribution in [-0.4, -0.2) is 37.0 Å². The summed E-state index contributed by atoms with van der Waals surface area (Å²) in [5.74, 6) is 0.840. The van der Waals surface area contributed by atoms with Gasteiger partial charge in [-0.3, -0.25) is 4.79 Å². The highest BCUT2D eigenvalue weighted by Gasteiger charge is 2.45. The van der Waals surface area contributed by atoms with E-state index >= 15 is 0 Å². The van der Waals surface area contributed by atoms with Crippen LogP contribution in [0.4, 0.5) is 5.69 Å². The molecule has 0 aromatic heterocycles. The molecule has 26 heavy (non-hydrogen) atoms. The fraction of sp³-hybridized carbons (Fsp3) is 0.364. The number of hydrogen-bond donors (Lipinski definition) is 0. The monoisotopic (exact) mass is 345 g/mol. The second-order valence-electron chi connectivity index (χ2n) is 7.15. The molecule has 2 aromatic rings. The third-order valence-corrected chi connectivity index (χ3v) is 5.51. The standard InChI is InChI=1S/C22H23N3O/c23-16-18-9-4-5-10-21(18)24-11-6-12-25(14-13-24)22(26)20-15-19(20)17-7-2-1-3-8-17/h1-5,7-10,19-20H,6,11-15H2. The van der Waals surface area contributed by atoms with Gasteiger partial charge in [-0.1, -0.05) is 42.5 Å². The van der Waals surface area contributed by atoms with Crippen LogP contribution in [0.25, 0.3) is 0 Å². The summed E-state index contributed by atoms with van der Waals surface area (Å²) < 4.78 is 0. The van der Waals surface area contributed by atoms with E-state index in [1.165, 1.54) is 5.56 Å². The van der Waals surface area contributed by atoms with Gasteiger partial charge >= 0.3 is 0 Å². The van der Waals surface area contributed by atoms with E-state index in [-0.39, 0.29) is 5.92 Å². The van der Waals surface area contributed by atoms with Crippen molar-refractivity contribution in [3.05, 3.63) is 65.7 Å². The number of hydrogen-bond acceptors (Lipinski definition) is 3. The lowest BCUT2D eigenvalue weighted by Crippen LogP contribution is -2.36. The third kappa shape index (κ3) is 3.30. The van der Waals surface area contributed by atoms with Crippen LogP contribution in [0.15, 0.2) is 54.6 Å². The van der Waals surface area contributed by atoms with Crippen molar-refractivity contribution in [3.8, 4) is 6.07 Å². The molecule has 2 unspecified atom stereocenters. The van der Waals surface area contributed by atoms with Crippen LogP contribution in [0, 0.1) is 17.2 Å². The number of amides is 1. The predicted molar refractivity (Wildman–Crippen MR) is 102 cm³/mol. The largest absolute Gasteiger partial charge is 0.369 e. The minimum Gasteiger partial charge on any atom is -0.369 e. The molecular formula is C22H23N3O. The van der Waals surface area contributed by atoms with Gasteiger partial charge in [0.1, 0.15) is 6.07 Å². The molecule has 4 heteroatoms. The molecule has 0 radical (unpaired) electrons. The second kappa shape index (κ2) is 7.21. The van der Waals surface area contributed by atoms with Crippen molar-refractivity contribution in [1.82, 2.24) is 4.90 Å². The topological polar surface area (TPSA) is 47.3 Å². The zero-order chi connectivity index (χ0) is 17.9. The number of carbonyl (C=O) groups excluding carboxylic acids is 1. The van der Waals surface area contributed by atoms with Gasteiger partial charge in [0.15, 0.2) is 0 Å². The van der Waals surface area contributed by atoms with Gasteiger partial charge in [-0.2, -0.15) is 5.26 Å². The number of nitrogens with zero attached hydrogens (tertiary/aromatic N) is 3. The predicted octanol–water partition coefficient (Wildman–Crippen LogP) is 3.40. The molecule has 4 nitrogen and oxygen atoms in total. The van der Waals surface area contributed by atoms with Crippen molar-refractivity contribution >= 4 is 11.6 Å². The first-order valence-electron chi connectivity index (χ1n) is 9.36. The Morgan fingerprint density at radius 2 is 1.73 bits per heavy atom. The lowest BCUT2D eigenvalue weighted by molar-refractivity contribution is -0.132. The maximum Gasteiger partial charge on any atom is 0.226 e. The van der Waals surface area contributed by atoms with Gasteiger partial charge < -0.3 is 9.80 Å². The van der Waals surface area contributed by atoms with E-state index in [0.29, 0.717) is 17.4 Å². The molecule has 4 rings (SSSR count). The molecule has 0 spiro atoms. The Kier molecular flexibility index (Phi) is 4.62. The van der Waals surface area contributed by atoms with Crippen molar-refractivity contribution in [2.24, 2.45) is 5.92 Å². The van der Waals surface area contributed by atoms with E-state index in [1.54, 1.807) is 0 Å². The Balaban J connectivity index is 1.40. The Labute approximate surface area is 154 Å². The summed E-state index contributed by atoms with van der Waals surface area (Å²) in [5, 5.41) is 9.34. The maximum atomic E-state index is 12.9. The first kappa shape index (κ1) is 16.7. The quantitative estimate of drug-likeness (QED) is 0.856. The Bertz CT molecular complexity index is 827. The highest BCUT2D eigenvalue weighted by Crippen LogP contribution is 2.48. The molecule has 2 atom stereocenters. The molecule has 1 saturated carbocycles. The average Bonchev–Trinajstić information content (AvgIpc) is 3.52. The van der Waals surface area contributed by atoms with Gasteiger partial charge in [-0.15, -0.1) is 0 Å². The van der Waals surface area contributed by atoms with E-state index in [4.69, 9.17) is 0 Å². The number of carbonyl (C=O) groups is 1. The summed E-state index contributed by atoms with van der Waals surface area (Å²) in [6.07, 6.45) is 1.91. The fourth-order valence-electron chi connectivity index (χ4n) is 3.99. The van der Waals surface area contributed by atoms with Gasteiger partial charge in [-0.05, 0) is 36.5 Å². The lowest BCUT2D eigenvalue weighted by Gasteiger charge is -2.24. The van der Waals surface area contributed by atoms with E-state index in [1.807, 2.05) is 47.4 Å². The second-order valence-corrected chi connectivity index (χ2v) is 7.15. The van der Waals surface area contributed by atoms with E-state index in [9.17, 15) is 10.1 Å². The smallest absolute Gasteiger partial charge is 0.226 e. The summed E-state index contributed by atoms with van der Waals surface area (Å²) in [6, 6.07) is 20.4. The number of rotatable bonds is 3. The molecule has 0 bridgehead atoms. The van der Waals surface area contributed by atoms with Crippen molar-refractivity contribution in [2.45, 2.75) is 18.8 Å². The van der Waals surface area contributed by atoms with Crippen molar-refractivity contribution in [2.75, 3.05) is 31.1 Å². The van der Waals surface area contributed by atoms with Crippen molar-refractivity contribution < 1.29 is 4.79 Å². The highest BCUT2D eigenvalue weighted by molar-refractivity contribution is 5.83. The molecule has 1 heterocycles. The molecule has 1 aliphatic heterocycles. The van der Waals surface area contributed by atoms with Gasteiger partial charge in [0.25, 0.3) is 0 Å². The van der Waals surface area contributed by atoms with Crippen LogP contribution in [0.5, 0.6) is 0 Å². The number of nitriles is 1. The van der Waals surface area contributed by atoms with E-state index in [0.717, 1.165) is 44.7 Å². The van der Waals surface area contributed by atoms with Crippen molar-refractivity contribution in [3.63, 3.8) is 0 Å². The SMILES string of the molecule is N#Cc1ccccc1N1CCCN(C(=O)C2CC2c2ccccc2)CC1. The summed E-state index contributed by atoms with van der Waals surface area (Å²) in [7, 11) is 0. The molecule has 1 amide bonds. The number of anilines is 1. The van der Waals surface area contributed by atoms with Gasteiger partial charge in [0.05, 0.1) is 11.3 Å². The van der Waals surface area contributed by atoms with Gasteiger partial charge in [0, 0.05) is 32.1 Å². The maximum absolute atomic E-state index is 12.9. The first-order chi connectivity index (χ1) is 12.8. The summed E-state index contributed by atoms with van der Waals surface area (Å²) in [4.78, 5) is 17.2. The van der Waals surface area contributed by atoms with Crippen LogP contribution in [-0.2, 0) is 4.79 Å². The molecule has 1 saturated heterocycles. The van der Waals surface area contributed by atoms with E-state index < -0.39 is 0 Å². The zero-order valence-electron chi connectivity index (χ0n) is 14.8. The molecular weight excluding hydrogens is 322 g/mol. The Morgan fingerprint density at radius 1 is 0.962 bits per heavy atom. The summed E-state index contributed by atoms with van der Waals surface area (Å²) >= 11 is 0. The average molecular weight is 345 g/mol. The zero-order valence-corrected chi connectivity index (χ0v) is 14.8. The first-order valence-corrected chi connectivity index (χ1v) is 9.36. The third-order valence-electron chi connectivity index (χ3n) is 5.51. The number of benzene rings is 2. The molecule has 2 aromatic carbocycles. The van der Waals surface area contributed by atoms with Crippen LogP contribution in [0.1, 0.15) is 29.9 Å². The Hall–Kier alpha value is -2.80. The lowest BCUT2D eigenvalue weighted by atomic mass is 10.1. The van der Waals surface area contributed by atoms with Crippen LogP contribution >= 0.6 is 0 Å². The number of para-hydroxylation sites is 1. The summed E-state index contributed by atoms with van der Waals surface area (Å²) in [5.41, 5.74) is 2.97. The van der Waals surface area contributed by atoms with Crippen LogP contribution in [0.3, 0.4) is 0 Å². The van der Waals surface area contributed by atoms with Crippen molar-refractivity contribution in [1.29, 1.82) is 5.26 Å². The van der Waals surface area contributed by atoms with Gasteiger partial charge in [0.2, 0.25) is 5.91 Å². The van der Waals surface area contributed by atoms with Gasteiger partial charge in [-0.25, -0.2) is 0 Å².